The maximum atomic E-state index is 10.7. The van der Waals surface area contributed by atoms with Crippen LogP contribution in [-0.4, -0.2) is 11.0 Å². The van der Waals surface area contributed by atoms with Gasteiger partial charge in [0.1, 0.15) is 5.82 Å². The van der Waals surface area contributed by atoms with Crippen LogP contribution in [0.15, 0.2) is 18.3 Å². The maximum Gasteiger partial charge on any atom is 0.330 e. The second-order valence-corrected chi connectivity index (χ2v) is 2.69. The lowest BCUT2D eigenvalue weighted by Crippen LogP contribution is -2.28. The van der Waals surface area contributed by atoms with Crippen molar-refractivity contribution >= 4 is 24.7 Å². The summed E-state index contributed by atoms with van der Waals surface area (Å²) < 4.78 is 1.01. The molecule has 0 saturated heterocycles. The van der Waals surface area contributed by atoms with E-state index < -0.39 is 6.03 Å². The summed E-state index contributed by atoms with van der Waals surface area (Å²) >= 11 is 3.88. The molecule has 12 heavy (non-hydrogen) atoms. The smallest absolute Gasteiger partial charge is 0.330 e. The Hall–Kier alpha value is -1.23. The molecular weight excluding hydrogens is 174 g/mol. The first-order chi connectivity index (χ1) is 5.63. The fraction of sp³-hybridized carbons (Fsp3) is 0.143. The van der Waals surface area contributed by atoms with Gasteiger partial charge in [-0.1, -0.05) is 18.9 Å². The van der Waals surface area contributed by atoms with Gasteiger partial charge in [0.15, 0.2) is 0 Å². The Labute approximate surface area is 75.9 Å². The minimum atomic E-state index is -0.639. The predicted molar refractivity (Wildman–Crippen MR) is 50.0 cm³/mol. The average molecular weight is 183 g/mol. The van der Waals surface area contributed by atoms with E-state index in [1.165, 1.54) is 0 Å². The molecular formula is C7H9N3OS. The van der Waals surface area contributed by atoms with Crippen molar-refractivity contribution in [2.75, 3.05) is 4.31 Å². The highest BCUT2D eigenvalue weighted by atomic mass is 32.1. The van der Waals surface area contributed by atoms with E-state index in [0.717, 1.165) is 9.87 Å². The Bertz CT molecular complexity index is 302. The van der Waals surface area contributed by atoms with Crippen LogP contribution in [-0.2, 0) is 0 Å². The average Bonchev–Trinajstić information content (AvgIpc) is 2.04. The molecule has 1 aromatic rings. The monoisotopic (exact) mass is 183 g/mol. The van der Waals surface area contributed by atoms with Crippen LogP contribution in [0.1, 0.15) is 5.56 Å². The molecule has 1 heterocycles. The summed E-state index contributed by atoms with van der Waals surface area (Å²) in [5.41, 5.74) is 5.86. The molecule has 0 bridgehead atoms. The molecule has 0 aromatic carbocycles. The van der Waals surface area contributed by atoms with Gasteiger partial charge in [0, 0.05) is 6.20 Å². The number of carbonyl (C=O) groups is 1. The molecule has 1 rings (SSSR count). The lowest BCUT2D eigenvalue weighted by Gasteiger charge is -2.12. The summed E-state index contributed by atoms with van der Waals surface area (Å²) in [6, 6.07) is 2.97. The zero-order chi connectivity index (χ0) is 9.14. The topological polar surface area (TPSA) is 59.2 Å². The maximum absolute atomic E-state index is 10.7. The van der Waals surface area contributed by atoms with Crippen molar-refractivity contribution < 1.29 is 4.79 Å². The number of hydrogen-bond acceptors (Lipinski definition) is 3. The molecule has 1 aromatic heterocycles. The van der Waals surface area contributed by atoms with E-state index in [1.807, 2.05) is 13.0 Å². The largest absolute Gasteiger partial charge is 0.350 e. The molecule has 2 amide bonds. The number of nitrogens with two attached hydrogens (primary N) is 1. The number of hydrogen-bond donors (Lipinski definition) is 2. The van der Waals surface area contributed by atoms with Gasteiger partial charge in [0.2, 0.25) is 0 Å². The number of anilines is 1. The highest BCUT2D eigenvalue weighted by Gasteiger charge is 2.10. The van der Waals surface area contributed by atoms with Crippen LogP contribution in [0.2, 0.25) is 0 Å². The van der Waals surface area contributed by atoms with Crippen molar-refractivity contribution in [2.45, 2.75) is 6.92 Å². The Morgan fingerprint density at radius 3 is 2.92 bits per heavy atom. The molecule has 0 aliphatic rings. The van der Waals surface area contributed by atoms with Gasteiger partial charge in [-0.15, -0.1) is 0 Å². The Kier molecular flexibility index (Phi) is 2.54. The van der Waals surface area contributed by atoms with Gasteiger partial charge in [-0.3, -0.25) is 0 Å². The molecule has 0 radical (unpaired) electrons. The third-order valence-electron chi connectivity index (χ3n) is 1.39. The van der Waals surface area contributed by atoms with Crippen molar-refractivity contribution in [2.24, 2.45) is 5.73 Å². The van der Waals surface area contributed by atoms with Crippen LogP contribution in [0.25, 0.3) is 0 Å². The summed E-state index contributed by atoms with van der Waals surface area (Å²) in [7, 11) is 0. The molecule has 0 unspecified atom stereocenters. The van der Waals surface area contributed by atoms with Crippen LogP contribution in [0.5, 0.6) is 0 Å². The Morgan fingerprint density at radius 2 is 2.42 bits per heavy atom. The van der Waals surface area contributed by atoms with Crippen LogP contribution in [0, 0.1) is 6.92 Å². The second-order valence-electron chi connectivity index (χ2n) is 2.29. The summed E-state index contributed by atoms with van der Waals surface area (Å²) in [4.78, 5) is 14.6. The molecule has 0 aliphatic heterocycles. The van der Waals surface area contributed by atoms with Gasteiger partial charge < -0.3 is 5.73 Å². The van der Waals surface area contributed by atoms with Gasteiger partial charge in [0.05, 0.1) is 0 Å². The van der Waals surface area contributed by atoms with E-state index in [1.54, 1.807) is 12.3 Å². The zero-order valence-electron chi connectivity index (χ0n) is 6.56. The highest BCUT2D eigenvalue weighted by Crippen LogP contribution is 2.16. The van der Waals surface area contributed by atoms with E-state index in [4.69, 9.17) is 5.73 Å². The second kappa shape index (κ2) is 3.44. The number of nitrogens with zero attached hydrogens (tertiary/aromatic N) is 2. The minimum absolute atomic E-state index is 0.466. The fourth-order valence-electron chi connectivity index (χ4n) is 0.803. The number of aryl methyl sites for hydroxylation is 1. The first kappa shape index (κ1) is 8.86. The van der Waals surface area contributed by atoms with Gasteiger partial charge in [-0.25, -0.2) is 14.1 Å². The van der Waals surface area contributed by atoms with Crippen molar-refractivity contribution in [3.8, 4) is 0 Å². The SMILES string of the molecule is Cc1cccnc1N(S)C(N)=O. The molecule has 5 heteroatoms. The third-order valence-corrected chi connectivity index (χ3v) is 1.78. The minimum Gasteiger partial charge on any atom is -0.350 e. The van der Waals surface area contributed by atoms with Crippen molar-refractivity contribution in [1.29, 1.82) is 0 Å². The van der Waals surface area contributed by atoms with E-state index in [2.05, 4.69) is 17.8 Å². The summed E-state index contributed by atoms with van der Waals surface area (Å²) in [5, 5.41) is 0. The standard InChI is InChI=1S/C7H9N3OS/c1-5-3-2-4-9-6(5)10(12)7(8)11/h2-4,12H,1H3,(H2,8,11). The summed E-state index contributed by atoms with van der Waals surface area (Å²) in [5.74, 6) is 0.466. The van der Waals surface area contributed by atoms with Gasteiger partial charge in [-0.2, -0.15) is 0 Å². The number of aromatic nitrogens is 1. The van der Waals surface area contributed by atoms with Crippen molar-refractivity contribution in [1.82, 2.24) is 4.98 Å². The van der Waals surface area contributed by atoms with Crippen LogP contribution in [0.4, 0.5) is 10.6 Å². The molecule has 0 atom stereocenters. The van der Waals surface area contributed by atoms with E-state index >= 15 is 0 Å². The summed E-state index contributed by atoms with van der Waals surface area (Å²) in [6.07, 6.45) is 1.58. The fourth-order valence-corrected chi connectivity index (χ4v) is 1.01. The molecule has 0 spiro atoms. The number of urea groups is 1. The number of thiol groups is 1. The molecule has 2 N–H and O–H groups in total. The van der Waals surface area contributed by atoms with Gasteiger partial charge in [0.25, 0.3) is 0 Å². The first-order valence-corrected chi connectivity index (χ1v) is 3.73. The number of pyridine rings is 1. The Balaban J connectivity index is 3.02. The molecule has 4 nitrogen and oxygen atoms in total. The quantitative estimate of drug-likeness (QED) is 0.641. The van der Waals surface area contributed by atoms with Gasteiger partial charge in [-0.05, 0) is 18.6 Å². The number of amides is 2. The number of rotatable bonds is 1. The van der Waals surface area contributed by atoms with E-state index in [0.29, 0.717) is 5.82 Å². The highest BCUT2D eigenvalue weighted by molar-refractivity contribution is 7.82. The van der Waals surface area contributed by atoms with E-state index in [9.17, 15) is 4.79 Å². The first-order valence-electron chi connectivity index (χ1n) is 3.33. The molecule has 0 fully saturated rings. The normalized spacial score (nSPS) is 9.50. The predicted octanol–water partition coefficient (Wildman–Crippen LogP) is 1.12. The van der Waals surface area contributed by atoms with Crippen molar-refractivity contribution in [3.63, 3.8) is 0 Å². The third kappa shape index (κ3) is 1.68. The summed E-state index contributed by atoms with van der Waals surface area (Å²) in [6.45, 7) is 1.83. The molecule has 0 saturated carbocycles. The lowest BCUT2D eigenvalue weighted by atomic mass is 10.3. The van der Waals surface area contributed by atoms with Gasteiger partial charge >= 0.3 is 6.03 Å². The van der Waals surface area contributed by atoms with Crippen LogP contribution >= 0.6 is 12.8 Å². The van der Waals surface area contributed by atoms with Crippen LogP contribution < -0.4 is 10.0 Å². The molecule has 64 valence electrons. The number of carbonyl (C=O) groups excluding carboxylic acids is 1. The lowest BCUT2D eigenvalue weighted by molar-refractivity contribution is 0.257. The zero-order valence-corrected chi connectivity index (χ0v) is 7.45. The molecule has 0 aliphatic carbocycles. The van der Waals surface area contributed by atoms with Crippen LogP contribution in [0.3, 0.4) is 0 Å². The van der Waals surface area contributed by atoms with Crippen molar-refractivity contribution in [3.05, 3.63) is 23.9 Å². The number of primary amides is 1. The Morgan fingerprint density at radius 1 is 1.75 bits per heavy atom. The van der Waals surface area contributed by atoms with E-state index in [-0.39, 0.29) is 0 Å².